The third-order valence-electron chi connectivity index (χ3n) is 4.16. The first kappa shape index (κ1) is 16.5. The van der Waals surface area contributed by atoms with Gasteiger partial charge in [0.1, 0.15) is 6.10 Å². The van der Waals surface area contributed by atoms with E-state index in [-0.39, 0.29) is 24.2 Å². The van der Waals surface area contributed by atoms with E-state index in [1.165, 1.54) is 13.2 Å². The molecular formula is C19H20FNO3. The fraction of sp³-hybridized carbons (Fsp3) is 0.316. The molecule has 2 aromatic carbocycles. The molecule has 1 atom stereocenters. The van der Waals surface area contributed by atoms with Gasteiger partial charge in [-0.3, -0.25) is 4.79 Å². The molecule has 0 saturated carbocycles. The second kappa shape index (κ2) is 7.45. The summed E-state index contributed by atoms with van der Waals surface area (Å²) < 4.78 is 24.4. The number of halogens is 1. The Morgan fingerprint density at radius 3 is 2.79 bits per heavy atom. The summed E-state index contributed by atoms with van der Waals surface area (Å²) in [5, 5.41) is 0. The summed E-state index contributed by atoms with van der Waals surface area (Å²) in [6, 6.07) is 14.5. The summed E-state index contributed by atoms with van der Waals surface area (Å²) in [4.78, 5) is 14.3. The van der Waals surface area contributed by atoms with Crippen molar-refractivity contribution in [1.82, 2.24) is 4.90 Å². The van der Waals surface area contributed by atoms with Crippen molar-refractivity contribution in [1.29, 1.82) is 0 Å². The van der Waals surface area contributed by atoms with Crippen molar-refractivity contribution in [2.45, 2.75) is 12.5 Å². The van der Waals surface area contributed by atoms with Crippen LogP contribution in [0.3, 0.4) is 0 Å². The maximum atomic E-state index is 13.8. The lowest BCUT2D eigenvalue weighted by Gasteiger charge is -2.33. The molecule has 1 aliphatic rings. The van der Waals surface area contributed by atoms with Gasteiger partial charge >= 0.3 is 0 Å². The van der Waals surface area contributed by atoms with E-state index in [2.05, 4.69) is 0 Å². The minimum absolute atomic E-state index is 0.0243. The van der Waals surface area contributed by atoms with Crippen LogP contribution in [0.5, 0.6) is 5.75 Å². The third-order valence-corrected chi connectivity index (χ3v) is 4.16. The van der Waals surface area contributed by atoms with Crippen LogP contribution in [0.25, 0.3) is 0 Å². The number of morpholine rings is 1. The van der Waals surface area contributed by atoms with Crippen molar-refractivity contribution >= 4 is 5.91 Å². The fourth-order valence-electron chi connectivity index (χ4n) is 2.85. The maximum Gasteiger partial charge on any atom is 0.227 e. The Labute approximate surface area is 140 Å². The number of carbonyl (C=O) groups excluding carboxylic acids is 1. The van der Waals surface area contributed by atoms with Gasteiger partial charge in [0.25, 0.3) is 0 Å². The van der Waals surface area contributed by atoms with Gasteiger partial charge in [-0.05, 0) is 23.3 Å². The first-order chi connectivity index (χ1) is 11.7. The van der Waals surface area contributed by atoms with Gasteiger partial charge in [0, 0.05) is 6.54 Å². The molecule has 1 aliphatic heterocycles. The molecule has 0 N–H and O–H groups in total. The van der Waals surface area contributed by atoms with E-state index in [0.29, 0.717) is 25.3 Å². The highest BCUT2D eigenvalue weighted by atomic mass is 19.1. The highest BCUT2D eigenvalue weighted by Crippen LogP contribution is 2.23. The second-order valence-corrected chi connectivity index (χ2v) is 5.76. The molecule has 2 aromatic rings. The van der Waals surface area contributed by atoms with E-state index in [1.54, 1.807) is 17.0 Å². The predicted molar refractivity (Wildman–Crippen MR) is 88.4 cm³/mol. The number of carbonyl (C=O) groups is 1. The Kier molecular flexibility index (Phi) is 5.11. The Hall–Kier alpha value is -2.40. The van der Waals surface area contributed by atoms with Crippen LogP contribution in [0.15, 0.2) is 48.5 Å². The van der Waals surface area contributed by atoms with E-state index in [1.807, 2.05) is 30.3 Å². The standard InChI is InChI=1S/C19H20FNO3/c1-23-17-8-7-14(11-16(17)20)12-19(22)21-9-10-24-18(13-21)15-5-3-2-4-6-15/h2-8,11,18H,9-10,12-13H2,1H3. The van der Waals surface area contributed by atoms with Crippen LogP contribution in [0.4, 0.5) is 4.39 Å². The monoisotopic (exact) mass is 329 g/mol. The molecule has 126 valence electrons. The molecule has 1 saturated heterocycles. The molecule has 1 fully saturated rings. The average Bonchev–Trinajstić information content (AvgIpc) is 2.63. The summed E-state index contributed by atoms with van der Waals surface area (Å²) in [5.74, 6) is -0.294. The number of amides is 1. The van der Waals surface area contributed by atoms with Crippen molar-refractivity contribution in [2.75, 3.05) is 26.8 Å². The Balaban J connectivity index is 1.65. The number of methoxy groups -OCH3 is 1. The van der Waals surface area contributed by atoms with Crippen LogP contribution in [-0.4, -0.2) is 37.6 Å². The van der Waals surface area contributed by atoms with Crippen molar-refractivity contribution in [3.8, 4) is 5.75 Å². The largest absolute Gasteiger partial charge is 0.494 e. The Morgan fingerprint density at radius 2 is 2.08 bits per heavy atom. The maximum absolute atomic E-state index is 13.8. The van der Waals surface area contributed by atoms with Gasteiger partial charge < -0.3 is 14.4 Å². The highest BCUT2D eigenvalue weighted by Gasteiger charge is 2.25. The molecule has 1 unspecified atom stereocenters. The van der Waals surface area contributed by atoms with Gasteiger partial charge in [-0.2, -0.15) is 0 Å². The van der Waals surface area contributed by atoms with Gasteiger partial charge in [-0.1, -0.05) is 36.4 Å². The molecule has 0 radical (unpaired) electrons. The van der Waals surface area contributed by atoms with Crippen LogP contribution < -0.4 is 4.74 Å². The van der Waals surface area contributed by atoms with Crippen LogP contribution in [0.2, 0.25) is 0 Å². The van der Waals surface area contributed by atoms with Crippen LogP contribution in [0.1, 0.15) is 17.2 Å². The van der Waals surface area contributed by atoms with E-state index in [4.69, 9.17) is 9.47 Å². The Bertz CT molecular complexity index is 705. The Morgan fingerprint density at radius 1 is 1.29 bits per heavy atom. The van der Waals surface area contributed by atoms with Crippen molar-refractivity contribution < 1.29 is 18.7 Å². The number of benzene rings is 2. The van der Waals surface area contributed by atoms with Gasteiger partial charge in [-0.25, -0.2) is 4.39 Å². The minimum atomic E-state index is -0.452. The van der Waals surface area contributed by atoms with Crippen molar-refractivity contribution in [3.63, 3.8) is 0 Å². The van der Waals surface area contributed by atoms with E-state index in [9.17, 15) is 9.18 Å². The third kappa shape index (κ3) is 3.74. The number of ether oxygens (including phenoxy) is 2. The summed E-state index contributed by atoms with van der Waals surface area (Å²) in [7, 11) is 1.42. The summed E-state index contributed by atoms with van der Waals surface area (Å²) in [6.07, 6.45) is 0.0547. The predicted octanol–water partition coefficient (Wildman–Crippen LogP) is 2.98. The van der Waals surface area contributed by atoms with Crippen molar-refractivity contribution in [2.24, 2.45) is 0 Å². The number of nitrogens with zero attached hydrogens (tertiary/aromatic N) is 1. The van der Waals surface area contributed by atoms with E-state index >= 15 is 0 Å². The van der Waals surface area contributed by atoms with Gasteiger partial charge in [0.15, 0.2) is 11.6 Å². The highest BCUT2D eigenvalue weighted by molar-refractivity contribution is 5.79. The molecule has 1 heterocycles. The summed E-state index contributed by atoms with van der Waals surface area (Å²) in [5.41, 5.74) is 1.70. The summed E-state index contributed by atoms with van der Waals surface area (Å²) in [6.45, 7) is 1.57. The van der Waals surface area contributed by atoms with Crippen molar-refractivity contribution in [3.05, 3.63) is 65.5 Å². The molecule has 0 aliphatic carbocycles. The lowest BCUT2D eigenvalue weighted by molar-refractivity contribution is -0.138. The molecule has 0 aromatic heterocycles. The molecule has 0 bridgehead atoms. The van der Waals surface area contributed by atoms with Crippen LogP contribution in [0, 0.1) is 5.82 Å². The lowest BCUT2D eigenvalue weighted by atomic mass is 10.1. The van der Waals surface area contributed by atoms with E-state index in [0.717, 1.165) is 5.56 Å². The number of hydrogen-bond donors (Lipinski definition) is 0. The molecule has 1 amide bonds. The smallest absolute Gasteiger partial charge is 0.227 e. The average molecular weight is 329 g/mol. The van der Waals surface area contributed by atoms with Gasteiger partial charge in [0.2, 0.25) is 5.91 Å². The van der Waals surface area contributed by atoms with Crippen LogP contribution >= 0.6 is 0 Å². The number of hydrogen-bond acceptors (Lipinski definition) is 3. The molecule has 5 heteroatoms. The molecular weight excluding hydrogens is 309 g/mol. The molecule has 3 rings (SSSR count). The summed E-state index contributed by atoms with van der Waals surface area (Å²) >= 11 is 0. The quantitative estimate of drug-likeness (QED) is 0.866. The van der Waals surface area contributed by atoms with E-state index < -0.39 is 5.82 Å². The second-order valence-electron chi connectivity index (χ2n) is 5.76. The molecule has 4 nitrogen and oxygen atoms in total. The SMILES string of the molecule is COc1ccc(CC(=O)N2CCOC(c3ccccc3)C2)cc1F. The zero-order valence-corrected chi connectivity index (χ0v) is 13.6. The number of rotatable bonds is 4. The molecule has 0 spiro atoms. The molecule has 24 heavy (non-hydrogen) atoms. The van der Waals surface area contributed by atoms with Gasteiger partial charge in [-0.15, -0.1) is 0 Å². The topological polar surface area (TPSA) is 38.8 Å². The normalized spacial score (nSPS) is 17.6. The fourth-order valence-corrected chi connectivity index (χ4v) is 2.85. The van der Waals surface area contributed by atoms with Crippen LogP contribution in [-0.2, 0) is 16.0 Å². The zero-order chi connectivity index (χ0) is 16.9. The first-order valence-corrected chi connectivity index (χ1v) is 7.94. The lowest BCUT2D eigenvalue weighted by Crippen LogP contribution is -2.43. The minimum Gasteiger partial charge on any atom is -0.494 e. The van der Waals surface area contributed by atoms with Gasteiger partial charge in [0.05, 0.1) is 26.7 Å². The first-order valence-electron chi connectivity index (χ1n) is 7.94. The zero-order valence-electron chi connectivity index (χ0n) is 13.6.